The summed E-state index contributed by atoms with van der Waals surface area (Å²) in [6, 6.07) is 14.2. The average Bonchev–Trinajstić information content (AvgIpc) is 2.89. The molecule has 0 atom stereocenters. The normalized spacial score (nSPS) is 10.8. The number of esters is 1. The predicted molar refractivity (Wildman–Crippen MR) is 86.7 cm³/mol. The highest BCUT2D eigenvalue weighted by atomic mass is 16.5. The Labute approximate surface area is 129 Å². The molecule has 0 bridgehead atoms. The summed E-state index contributed by atoms with van der Waals surface area (Å²) in [5, 5.41) is 1.13. The molecule has 22 heavy (non-hydrogen) atoms. The Kier molecular flexibility index (Phi) is 3.96. The molecule has 3 aromatic rings. The van der Waals surface area contributed by atoms with Gasteiger partial charge in [-0.1, -0.05) is 30.3 Å². The molecule has 0 N–H and O–H groups in total. The highest BCUT2D eigenvalue weighted by Crippen LogP contribution is 2.27. The summed E-state index contributed by atoms with van der Waals surface area (Å²) in [6.07, 6.45) is 2.09. The van der Waals surface area contributed by atoms with Crippen LogP contribution in [-0.2, 0) is 16.0 Å². The monoisotopic (exact) mass is 294 g/mol. The third kappa shape index (κ3) is 2.89. The van der Waals surface area contributed by atoms with Crippen molar-refractivity contribution in [1.29, 1.82) is 0 Å². The summed E-state index contributed by atoms with van der Waals surface area (Å²) in [6.45, 7) is 4.27. The number of hydrogen-bond donors (Lipinski definition) is 0. The molecular formula is C19H18O3. The van der Waals surface area contributed by atoms with Crippen LogP contribution >= 0.6 is 0 Å². The number of hydrogen-bond acceptors (Lipinski definition) is 3. The van der Waals surface area contributed by atoms with Crippen LogP contribution in [0.1, 0.15) is 18.1 Å². The second kappa shape index (κ2) is 6.06. The fourth-order valence-electron chi connectivity index (χ4n) is 2.53. The molecule has 3 rings (SSSR count). The van der Waals surface area contributed by atoms with Crippen molar-refractivity contribution in [2.24, 2.45) is 0 Å². The molecule has 1 heterocycles. The van der Waals surface area contributed by atoms with E-state index in [0.29, 0.717) is 13.0 Å². The molecule has 0 fully saturated rings. The van der Waals surface area contributed by atoms with Crippen LogP contribution in [0, 0.1) is 6.92 Å². The molecule has 1 aromatic heterocycles. The lowest BCUT2D eigenvalue weighted by Crippen LogP contribution is -2.07. The van der Waals surface area contributed by atoms with E-state index in [1.807, 2.05) is 50.2 Å². The number of carbonyl (C=O) groups excluding carboxylic acids is 1. The quantitative estimate of drug-likeness (QED) is 0.664. The number of ether oxygens (including phenoxy) is 1. The van der Waals surface area contributed by atoms with Crippen LogP contribution < -0.4 is 0 Å². The van der Waals surface area contributed by atoms with E-state index in [1.165, 1.54) is 0 Å². The summed E-state index contributed by atoms with van der Waals surface area (Å²) in [7, 11) is 0. The van der Waals surface area contributed by atoms with Gasteiger partial charge < -0.3 is 9.15 Å². The molecule has 0 aliphatic carbocycles. The van der Waals surface area contributed by atoms with Gasteiger partial charge in [-0.25, -0.2) is 0 Å². The maximum Gasteiger partial charge on any atom is 0.310 e. The van der Waals surface area contributed by atoms with Crippen molar-refractivity contribution in [3.05, 3.63) is 59.9 Å². The van der Waals surface area contributed by atoms with E-state index in [1.54, 1.807) is 6.26 Å². The lowest BCUT2D eigenvalue weighted by molar-refractivity contribution is -0.142. The first-order valence-corrected chi connectivity index (χ1v) is 7.40. The highest BCUT2D eigenvalue weighted by Gasteiger charge is 2.07. The number of furan rings is 1. The van der Waals surface area contributed by atoms with Gasteiger partial charge >= 0.3 is 5.97 Å². The van der Waals surface area contributed by atoms with E-state index in [0.717, 1.165) is 33.2 Å². The van der Waals surface area contributed by atoms with Gasteiger partial charge in [0.25, 0.3) is 0 Å². The van der Waals surface area contributed by atoms with Crippen LogP contribution in [-0.4, -0.2) is 12.6 Å². The maximum atomic E-state index is 11.5. The third-order valence-corrected chi connectivity index (χ3v) is 3.71. The fourth-order valence-corrected chi connectivity index (χ4v) is 2.53. The molecule has 0 saturated heterocycles. The van der Waals surface area contributed by atoms with Crippen LogP contribution in [0.5, 0.6) is 0 Å². The molecule has 3 nitrogen and oxygen atoms in total. The zero-order valence-electron chi connectivity index (χ0n) is 12.8. The van der Waals surface area contributed by atoms with Gasteiger partial charge in [-0.3, -0.25) is 4.79 Å². The second-order valence-corrected chi connectivity index (χ2v) is 5.31. The maximum absolute atomic E-state index is 11.5. The Morgan fingerprint density at radius 1 is 1.09 bits per heavy atom. The van der Waals surface area contributed by atoms with Crippen molar-refractivity contribution in [1.82, 2.24) is 0 Å². The van der Waals surface area contributed by atoms with Gasteiger partial charge in [0.15, 0.2) is 0 Å². The third-order valence-electron chi connectivity index (χ3n) is 3.71. The minimum absolute atomic E-state index is 0.189. The molecule has 0 aliphatic heterocycles. The lowest BCUT2D eigenvalue weighted by atomic mass is 10.0. The topological polar surface area (TPSA) is 39.4 Å². The van der Waals surface area contributed by atoms with E-state index in [9.17, 15) is 4.79 Å². The number of rotatable bonds is 4. The van der Waals surface area contributed by atoms with E-state index in [-0.39, 0.29) is 5.97 Å². The van der Waals surface area contributed by atoms with Crippen molar-refractivity contribution in [2.45, 2.75) is 20.3 Å². The van der Waals surface area contributed by atoms with Crippen molar-refractivity contribution < 1.29 is 13.9 Å². The smallest absolute Gasteiger partial charge is 0.310 e. The predicted octanol–water partition coefficient (Wildman–Crippen LogP) is 4.51. The minimum atomic E-state index is -0.189. The standard InChI is InChI=1S/C19H18O3/c1-3-21-19(20)10-14-4-6-15(7-5-14)16-8-9-18-17(11-16)13(2)12-22-18/h4-9,11-12H,3,10H2,1-2H3. The fraction of sp³-hybridized carbons (Fsp3) is 0.211. The zero-order valence-corrected chi connectivity index (χ0v) is 12.8. The van der Waals surface area contributed by atoms with Gasteiger partial charge in [0.05, 0.1) is 19.3 Å². The summed E-state index contributed by atoms with van der Waals surface area (Å²) in [4.78, 5) is 11.5. The van der Waals surface area contributed by atoms with Gasteiger partial charge in [-0.15, -0.1) is 0 Å². The summed E-state index contributed by atoms with van der Waals surface area (Å²) < 4.78 is 10.4. The Bertz CT molecular complexity index is 797. The summed E-state index contributed by atoms with van der Waals surface area (Å²) in [5.41, 5.74) is 5.26. The first-order chi connectivity index (χ1) is 10.7. The molecule has 0 aliphatic rings. The number of carbonyl (C=O) groups is 1. The Morgan fingerprint density at radius 2 is 1.82 bits per heavy atom. The SMILES string of the molecule is CCOC(=O)Cc1ccc(-c2ccc3occ(C)c3c2)cc1. The molecule has 0 saturated carbocycles. The largest absolute Gasteiger partial charge is 0.466 e. The van der Waals surface area contributed by atoms with Gasteiger partial charge in [-0.05, 0) is 48.2 Å². The van der Waals surface area contributed by atoms with E-state index in [4.69, 9.17) is 9.15 Å². The average molecular weight is 294 g/mol. The minimum Gasteiger partial charge on any atom is -0.466 e. The Hall–Kier alpha value is -2.55. The molecular weight excluding hydrogens is 276 g/mol. The summed E-state index contributed by atoms with van der Waals surface area (Å²) >= 11 is 0. The van der Waals surface area contributed by atoms with Crippen LogP contribution in [0.3, 0.4) is 0 Å². The lowest BCUT2D eigenvalue weighted by Gasteiger charge is -2.05. The number of aryl methyl sites for hydroxylation is 1. The molecule has 0 radical (unpaired) electrons. The van der Waals surface area contributed by atoms with E-state index < -0.39 is 0 Å². The molecule has 0 amide bonds. The van der Waals surface area contributed by atoms with Crippen molar-refractivity contribution in [3.63, 3.8) is 0 Å². The first kappa shape index (κ1) is 14.4. The van der Waals surface area contributed by atoms with E-state index >= 15 is 0 Å². The van der Waals surface area contributed by atoms with Gasteiger partial charge in [0.2, 0.25) is 0 Å². The molecule has 3 heteroatoms. The Balaban J connectivity index is 1.84. The first-order valence-electron chi connectivity index (χ1n) is 7.40. The molecule has 0 unspecified atom stereocenters. The number of fused-ring (bicyclic) bond motifs is 1. The Morgan fingerprint density at radius 3 is 2.55 bits per heavy atom. The van der Waals surface area contributed by atoms with E-state index in [2.05, 4.69) is 6.07 Å². The van der Waals surface area contributed by atoms with Crippen LogP contribution in [0.25, 0.3) is 22.1 Å². The van der Waals surface area contributed by atoms with Crippen molar-refractivity contribution in [3.8, 4) is 11.1 Å². The highest BCUT2D eigenvalue weighted by molar-refractivity contribution is 5.86. The van der Waals surface area contributed by atoms with Gasteiger partial charge in [-0.2, -0.15) is 0 Å². The molecule has 112 valence electrons. The zero-order chi connectivity index (χ0) is 15.5. The number of benzene rings is 2. The van der Waals surface area contributed by atoms with Gasteiger partial charge in [0.1, 0.15) is 5.58 Å². The van der Waals surface area contributed by atoms with Gasteiger partial charge in [0, 0.05) is 5.39 Å². The van der Waals surface area contributed by atoms with Crippen LogP contribution in [0.15, 0.2) is 53.1 Å². The van der Waals surface area contributed by atoms with Crippen LogP contribution in [0.2, 0.25) is 0 Å². The summed E-state index contributed by atoms with van der Waals surface area (Å²) in [5.74, 6) is -0.189. The van der Waals surface area contributed by atoms with Crippen molar-refractivity contribution in [2.75, 3.05) is 6.61 Å². The molecule has 2 aromatic carbocycles. The molecule has 0 spiro atoms. The van der Waals surface area contributed by atoms with Crippen molar-refractivity contribution >= 4 is 16.9 Å². The van der Waals surface area contributed by atoms with Crippen LogP contribution in [0.4, 0.5) is 0 Å². The second-order valence-electron chi connectivity index (χ2n) is 5.31.